The van der Waals surface area contributed by atoms with Crippen LogP contribution in [0.3, 0.4) is 0 Å². The first kappa shape index (κ1) is 14.6. The van der Waals surface area contributed by atoms with Crippen molar-refractivity contribution < 1.29 is 0 Å². The second-order valence-corrected chi connectivity index (χ2v) is 6.17. The molecule has 1 aliphatic rings. The molecule has 1 aromatic carbocycles. The molecule has 0 amide bonds. The average molecular weight is 259 g/mol. The van der Waals surface area contributed by atoms with Crippen molar-refractivity contribution in [3.63, 3.8) is 0 Å². The van der Waals surface area contributed by atoms with Gasteiger partial charge in [-0.2, -0.15) is 0 Å². The van der Waals surface area contributed by atoms with E-state index < -0.39 is 0 Å². The van der Waals surface area contributed by atoms with Gasteiger partial charge in [-0.25, -0.2) is 0 Å². The van der Waals surface area contributed by atoms with Crippen LogP contribution in [0.1, 0.15) is 63.0 Å². The lowest BCUT2D eigenvalue weighted by Crippen LogP contribution is -2.29. The monoisotopic (exact) mass is 259 g/mol. The highest BCUT2D eigenvalue weighted by Crippen LogP contribution is 2.41. The largest absolute Gasteiger partial charge is 0.330 e. The molecule has 1 aromatic rings. The second-order valence-electron chi connectivity index (χ2n) is 6.17. The van der Waals surface area contributed by atoms with Crippen LogP contribution in [0, 0.1) is 11.8 Å². The first-order chi connectivity index (χ1) is 9.28. The van der Waals surface area contributed by atoms with Gasteiger partial charge in [-0.05, 0) is 54.7 Å². The molecule has 0 bridgehead atoms. The SMILES string of the molecule is CCCC1CCC(CN)C(c2ccc(CC)cc2)C1. The van der Waals surface area contributed by atoms with Gasteiger partial charge in [0, 0.05) is 0 Å². The Hall–Kier alpha value is -0.820. The second kappa shape index (κ2) is 7.09. The van der Waals surface area contributed by atoms with Gasteiger partial charge < -0.3 is 5.73 Å². The predicted octanol–water partition coefficient (Wildman–Crippen LogP) is 4.51. The van der Waals surface area contributed by atoms with Gasteiger partial charge in [-0.1, -0.05) is 57.4 Å². The third-order valence-corrected chi connectivity index (χ3v) is 4.92. The summed E-state index contributed by atoms with van der Waals surface area (Å²) in [5.41, 5.74) is 8.97. The highest BCUT2D eigenvalue weighted by molar-refractivity contribution is 5.26. The molecule has 1 heteroatoms. The van der Waals surface area contributed by atoms with Crippen LogP contribution in [0.25, 0.3) is 0 Å². The number of hydrogen-bond donors (Lipinski definition) is 1. The molecule has 3 atom stereocenters. The molecule has 1 aliphatic carbocycles. The van der Waals surface area contributed by atoms with Crippen molar-refractivity contribution in [2.45, 2.75) is 58.3 Å². The van der Waals surface area contributed by atoms with Crippen molar-refractivity contribution in [1.29, 1.82) is 0 Å². The zero-order valence-electron chi connectivity index (χ0n) is 12.6. The van der Waals surface area contributed by atoms with Gasteiger partial charge in [-0.3, -0.25) is 0 Å². The summed E-state index contributed by atoms with van der Waals surface area (Å²) in [6.45, 7) is 5.37. The molecule has 19 heavy (non-hydrogen) atoms. The summed E-state index contributed by atoms with van der Waals surface area (Å²) in [4.78, 5) is 0. The summed E-state index contributed by atoms with van der Waals surface area (Å²) >= 11 is 0. The molecule has 2 rings (SSSR count). The van der Waals surface area contributed by atoms with Crippen LogP contribution in [0.2, 0.25) is 0 Å². The molecule has 1 nitrogen and oxygen atoms in total. The highest BCUT2D eigenvalue weighted by Gasteiger charge is 2.30. The van der Waals surface area contributed by atoms with E-state index in [0.717, 1.165) is 18.9 Å². The van der Waals surface area contributed by atoms with Crippen molar-refractivity contribution >= 4 is 0 Å². The molecule has 0 aliphatic heterocycles. The Bertz CT molecular complexity index is 368. The quantitative estimate of drug-likeness (QED) is 0.827. The lowest BCUT2D eigenvalue weighted by molar-refractivity contribution is 0.230. The van der Waals surface area contributed by atoms with Gasteiger partial charge in [0.2, 0.25) is 0 Å². The van der Waals surface area contributed by atoms with Crippen LogP contribution in [0.15, 0.2) is 24.3 Å². The van der Waals surface area contributed by atoms with E-state index in [2.05, 4.69) is 38.1 Å². The third kappa shape index (κ3) is 3.60. The van der Waals surface area contributed by atoms with Crippen molar-refractivity contribution in [2.75, 3.05) is 6.54 Å². The normalized spacial score (nSPS) is 27.4. The molecule has 0 radical (unpaired) electrons. The lowest BCUT2D eigenvalue weighted by atomic mass is 9.70. The van der Waals surface area contributed by atoms with Crippen LogP contribution in [-0.2, 0) is 6.42 Å². The van der Waals surface area contributed by atoms with Crippen LogP contribution < -0.4 is 5.73 Å². The summed E-state index contributed by atoms with van der Waals surface area (Å²) in [6, 6.07) is 9.29. The van der Waals surface area contributed by atoms with Crippen molar-refractivity contribution in [3.8, 4) is 0 Å². The number of nitrogens with two attached hydrogens (primary N) is 1. The molecule has 1 fully saturated rings. The van der Waals surface area contributed by atoms with Crippen LogP contribution in [-0.4, -0.2) is 6.54 Å². The van der Waals surface area contributed by atoms with Crippen LogP contribution >= 0.6 is 0 Å². The summed E-state index contributed by atoms with van der Waals surface area (Å²) in [6.07, 6.45) is 7.89. The summed E-state index contributed by atoms with van der Waals surface area (Å²) in [5, 5.41) is 0. The highest BCUT2D eigenvalue weighted by atomic mass is 14.6. The van der Waals surface area contributed by atoms with Gasteiger partial charge in [-0.15, -0.1) is 0 Å². The van der Waals surface area contributed by atoms with E-state index in [4.69, 9.17) is 5.73 Å². The molecular formula is C18H29N. The smallest absolute Gasteiger partial charge is 0.00430 e. The third-order valence-electron chi connectivity index (χ3n) is 4.92. The molecule has 0 saturated heterocycles. The van der Waals surface area contributed by atoms with E-state index in [-0.39, 0.29) is 0 Å². The van der Waals surface area contributed by atoms with Crippen LogP contribution in [0.4, 0.5) is 0 Å². The van der Waals surface area contributed by atoms with Gasteiger partial charge in [0.05, 0.1) is 0 Å². The van der Waals surface area contributed by atoms with E-state index in [0.29, 0.717) is 11.8 Å². The Labute approximate surface area is 118 Å². The van der Waals surface area contributed by atoms with Gasteiger partial charge >= 0.3 is 0 Å². The molecular weight excluding hydrogens is 230 g/mol. The molecule has 1 saturated carbocycles. The molecule has 2 N–H and O–H groups in total. The maximum atomic E-state index is 6.01. The van der Waals surface area contributed by atoms with Gasteiger partial charge in [0.15, 0.2) is 0 Å². The molecule has 3 unspecified atom stereocenters. The minimum atomic E-state index is 0.695. The predicted molar refractivity (Wildman–Crippen MR) is 83.4 cm³/mol. The Morgan fingerprint density at radius 2 is 1.84 bits per heavy atom. The average Bonchev–Trinajstić information content (AvgIpc) is 2.47. The number of hydrogen-bond acceptors (Lipinski definition) is 1. The minimum absolute atomic E-state index is 0.695. The molecule has 0 heterocycles. The fraction of sp³-hybridized carbons (Fsp3) is 0.667. The topological polar surface area (TPSA) is 26.0 Å². The lowest BCUT2D eigenvalue weighted by Gasteiger charge is -2.36. The number of benzene rings is 1. The first-order valence-electron chi connectivity index (χ1n) is 8.07. The Kier molecular flexibility index (Phi) is 5.45. The fourth-order valence-electron chi connectivity index (χ4n) is 3.68. The number of aryl methyl sites for hydroxylation is 1. The first-order valence-corrected chi connectivity index (χ1v) is 8.07. The zero-order chi connectivity index (χ0) is 13.7. The number of rotatable bonds is 5. The Morgan fingerprint density at radius 3 is 2.42 bits per heavy atom. The van der Waals surface area contributed by atoms with Crippen molar-refractivity contribution in [3.05, 3.63) is 35.4 Å². The van der Waals surface area contributed by atoms with Crippen molar-refractivity contribution in [2.24, 2.45) is 17.6 Å². The van der Waals surface area contributed by atoms with E-state index in [9.17, 15) is 0 Å². The maximum absolute atomic E-state index is 6.01. The molecule has 0 spiro atoms. The van der Waals surface area contributed by atoms with Crippen molar-refractivity contribution in [1.82, 2.24) is 0 Å². The van der Waals surface area contributed by atoms with Gasteiger partial charge in [0.25, 0.3) is 0 Å². The van der Waals surface area contributed by atoms with E-state index in [1.54, 1.807) is 0 Å². The van der Waals surface area contributed by atoms with E-state index in [1.165, 1.54) is 43.2 Å². The van der Waals surface area contributed by atoms with Crippen LogP contribution in [0.5, 0.6) is 0 Å². The molecule has 0 aromatic heterocycles. The Balaban J connectivity index is 2.12. The summed E-state index contributed by atoms with van der Waals surface area (Å²) in [7, 11) is 0. The fourth-order valence-corrected chi connectivity index (χ4v) is 3.68. The van der Waals surface area contributed by atoms with E-state index in [1.807, 2.05) is 0 Å². The standard InChI is InChI=1S/C18H29N/c1-3-5-15-8-11-17(13-19)18(12-15)16-9-6-14(4-2)7-10-16/h6-7,9-10,15,17-18H,3-5,8,11-13,19H2,1-2H3. The zero-order valence-corrected chi connectivity index (χ0v) is 12.6. The van der Waals surface area contributed by atoms with E-state index >= 15 is 0 Å². The summed E-state index contributed by atoms with van der Waals surface area (Å²) in [5.74, 6) is 2.31. The summed E-state index contributed by atoms with van der Waals surface area (Å²) < 4.78 is 0. The maximum Gasteiger partial charge on any atom is -0.00430 e. The molecule has 106 valence electrons. The van der Waals surface area contributed by atoms with Gasteiger partial charge in [0.1, 0.15) is 0 Å². The Morgan fingerprint density at radius 1 is 1.11 bits per heavy atom. The minimum Gasteiger partial charge on any atom is -0.330 e.